The van der Waals surface area contributed by atoms with Crippen molar-refractivity contribution in [3.63, 3.8) is 0 Å². The van der Waals surface area contributed by atoms with Gasteiger partial charge >= 0.3 is 0 Å². The summed E-state index contributed by atoms with van der Waals surface area (Å²) in [6.07, 6.45) is 2.61. The second-order valence-electron chi connectivity index (χ2n) is 3.94. The Bertz CT molecular complexity index is 498. The first-order valence-electron chi connectivity index (χ1n) is 5.32. The molecule has 0 aliphatic carbocycles. The molecule has 0 bridgehead atoms. The molecule has 0 radical (unpaired) electrons. The molecule has 0 atom stereocenters. The number of aromatic nitrogens is 3. The van der Waals surface area contributed by atoms with Crippen LogP contribution in [0.2, 0.25) is 0 Å². The van der Waals surface area contributed by atoms with E-state index in [9.17, 15) is 4.39 Å². The maximum absolute atomic E-state index is 12.9. The highest BCUT2D eigenvalue weighted by atomic mass is 19.1. The first-order chi connectivity index (χ1) is 8.15. The quantitative estimate of drug-likeness (QED) is 0.876. The Morgan fingerprint density at radius 1 is 1.41 bits per heavy atom. The van der Waals surface area contributed by atoms with Gasteiger partial charge < -0.3 is 9.84 Å². The molecule has 2 aromatic rings. The Hall–Kier alpha value is -1.82. The first-order valence-corrected chi connectivity index (χ1v) is 5.32. The van der Waals surface area contributed by atoms with Gasteiger partial charge in [0.25, 0.3) is 5.89 Å². The summed E-state index contributed by atoms with van der Waals surface area (Å²) in [4.78, 5) is 7.87. The van der Waals surface area contributed by atoms with E-state index < -0.39 is 5.82 Å². The molecule has 2 heterocycles. The van der Waals surface area contributed by atoms with E-state index in [2.05, 4.69) is 20.4 Å². The van der Waals surface area contributed by atoms with Crippen LogP contribution in [0.5, 0.6) is 0 Å². The molecule has 2 rings (SSSR count). The number of nitrogens with one attached hydrogen (secondary N) is 1. The normalized spacial score (nSPS) is 11.1. The molecule has 5 nitrogen and oxygen atoms in total. The van der Waals surface area contributed by atoms with Gasteiger partial charge in [-0.3, -0.25) is 4.98 Å². The van der Waals surface area contributed by atoms with E-state index in [1.165, 1.54) is 12.3 Å². The molecular weight excluding hydrogens is 223 g/mol. The van der Waals surface area contributed by atoms with E-state index in [-0.39, 0.29) is 5.89 Å². The van der Waals surface area contributed by atoms with Crippen molar-refractivity contribution in [3.8, 4) is 11.5 Å². The zero-order valence-corrected chi connectivity index (χ0v) is 9.64. The van der Waals surface area contributed by atoms with Gasteiger partial charge in [-0.05, 0) is 6.07 Å². The second-order valence-corrected chi connectivity index (χ2v) is 3.94. The Morgan fingerprint density at radius 3 is 2.94 bits per heavy atom. The van der Waals surface area contributed by atoms with Gasteiger partial charge in [-0.15, -0.1) is 0 Å². The van der Waals surface area contributed by atoms with Crippen molar-refractivity contribution < 1.29 is 8.91 Å². The lowest BCUT2D eigenvalue weighted by atomic mass is 10.3. The third-order valence-electron chi connectivity index (χ3n) is 2.09. The minimum absolute atomic E-state index is 0.276. The van der Waals surface area contributed by atoms with Gasteiger partial charge in [-0.2, -0.15) is 4.98 Å². The summed E-state index contributed by atoms with van der Waals surface area (Å²) in [5.74, 6) is 0.387. The van der Waals surface area contributed by atoms with E-state index >= 15 is 0 Å². The van der Waals surface area contributed by atoms with E-state index in [1.807, 2.05) is 13.8 Å². The zero-order chi connectivity index (χ0) is 12.3. The third kappa shape index (κ3) is 3.07. The molecule has 0 aliphatic rings. The van der Waals surface area contributed by atoms with Crippen LogP contribution < -0.4 is 5.32 Å². The molecule has 90 valence electrons. The van der Waals surface area contributed by atoms with E-state index in [0.29, 0.717) is 24.0 Å². The average molecular weight is 236 g/mol. The molecule has 6 heteroatoms. The van der Waals surface area contributed by atoms with Crippen LogP contribution in [0.3, 0.4) is 0 Å². The summed E-state index contributed by atoms with van der Waals surface area (Å²) < 4.78 is 18.0. The lowest BCUT2D eigenvalue weighted by molar-refractivity contribution is 0.417. The van der Waals surface area contributed by atoms with Crippen molar-refractivity contribution in [1.29, 1.82) is 0 Å². The minimum atomic E-state index is -0.428. The van der Waals surface area contributed by atoms with Crippen molar-refractivity contribution >= 4 is 0 Å². The fourth-order valence-electron chi connectivity index (χ4n) is 1.27. The number of pyridine rings is 1. The second kappa shape index (κ2) is 5.01. The summed E-state index contributed by atoms with van der Waals surface area (Å²) in [5.41, 5.74) is 0.480. The van der Waals surface area contributed by atoms with Gasteiger partial charge in [-0.25, -0.2) is 4.39 Å². The van der Waals surface area contributed by atoms with Crippen LogP contribution in [0, 0.1) is 5.82 Å². The standard InChI is InChI=1S/C11H13FN4O/c1-7(2)14-6-10-15-11(17-16-10)8-3-9(12)5-13-4-8/h3-5,7,14H,6H2,1-2H3. The van der Waals surface area contributed by atoms with E-state index in [0.717, 1.165) is 6.20 Å². The summed E-state index contributed by atoms with van der Waals surface area (Å²) in [7, 11) is 0. The molecule has 0 aliphatic heterocycles. The summed E-state index contributed by atoms with van der Waals surface area (Å²) in [6, 6.07) is 1.65. The molecule has 0 unspecified atom stereocenters. The van der Waals surface area contributed by atoms with Crippen LogP contribution in [0.1, 0.15) is 19.7 Å². The van der Waals surface area contributed by atoms with Crippen molar-refractivity contribution in [2.75, 3.05) is 0 Å². The summed E-state index contributed by atoms with van der Waals surface area (Å²) >= 11 is 0. The Labute approximate surface area is 98.1 Å². The van der Waals surface area contributed by atoms with Crippen molar-refractivity contribution in [3.05, 3.63) is 30.1 Å². The molecule has 1 N–H and O–H groups in total. The Kier molecular flexibility index (Phi) is 3.43. The average Bonchev–Trinajstić information content (AvgIpc) is 2.75. The largest absolute Gasteiger partial charge is 0.334 e. The van der Waals surface area contributed by atoms with Gasteiger partial charge in [0.1, 0.15) is 5.82 Å². The monoisotopic (exact) mass is 236 g/mol. The fraction of sp³-hybridized carbons (Fsp3) is 0.364. The molecule has 0 saturated heterocycles. The van der Waals surface area contributed by atoms with Gasteiger partial charge in [0, 0.05) is 12.2 Å². The molecular formula is C11H13FN4O. The van der Waals surface area contributed by atoms with E-state index in [1.54, 1.807) is 0 Å². The predicted molar refractivity (Wildman–Crippen MR) is 59.5 cm³/mol. The van der Waals surface area contributed by atoms with Gasteiger partial charge in [0.05, 0.1) is 18.3 Å². The van der Waals surface area contributed by atoms with Crippen LogP contribution in [0.25, 0.3) is 11.5 Å². The number of halogens is 1. The van der Waals surface area contributed by atoms with Gasteiger partial charge in [0.2, 0.25) is 0 Å². The van der Waals surface area contributed by atoms with Crippen LogP contribution >= 0.6 is 0 Å². The SMILES string of the molecule is CC(C)NCc1noc(-c2cncc(F)c2)n1. The van der Waals surface area contributed by atoms with Crippen molar-refractivity contribution in [2.24, 2.45) is 0 Å². The van der Waals surface area contributed by atoms with Gasteiger partial charge in [-0.1, -0.05) is 19.0 Å². The molecule has 0 fully saturated rings. The number of nitrogens with zero attached hydrogens (tertiary/aromatic N) is 3. The smallest absolute Gasteiger partial charge is 0.259 e. The lowest BCUT2D eigenvalue weighted by Gasteiger charge is -2.03. The predicted octanol–water partition coefficient (Wildman–Crippen LogP) is 1.77. The molecule has 17 heavy (non-hydrogen) atoms. The summed E-state index contributed by atoms with van der Waals surface area (Å²) in [6.45, 7) is 4.57. The number of hydrogen-bond donors (Lipinski definition) is 1. The van der Waals surface area contributed by atoms with Crippen molar-refractivity contribution in [1.82, 2.24) is 20.4 Å². The highest BCUT2D eigenvalue weighted by Gasteiger charge is 2.09. The van der Waals surface area contributed by atoms with E-state index in [4.69, 9.17) is 4.52 Å². The topological polar surface area (TPSA) is 63.8 Å². The maximum Gasteiger partial charge on any atom is 0.259 e. The molecule has 0 amide bonds. The lowest BCUT2D eigenvalue weighted by Crippen LogP contribution is -2.22. The highest BCUT2D eigenvalue weighted by Crippen LogP contribution is 2.16. The Morgan fingerprint density at radius 2 is 2.24 bits per heavy atom. The minimum Gasteiger partial charge on any atom is -0.334 e. The first kappa shape index (κ1) is 11.7. The zero-order valence-electron chi connectivity index (χ0n) is 9.64. The van der Waals surface area contributed by atoms with Crippen LogP contribution in [-0.4, -0.2) is 21.2 Å². The number of hydrogen-bond acceptors (Lipinski definition) is 5. The third-order valence-corrected chi connectivity index (χ3v) is 2.09. The van der Waals surface area contributed by atoms with Gasteiger partial charge in [0.15, 0.2) is 5.82 Å². The molecule has 0 aromatic carbocycles. The van der Waals surface area contributed by atoms with Crippen LogP contribution in [0.15, 0.2) is 23.0 Å². The molecule has 0 saturated carbocycles. The molecule has 2 aromatic heterocycles. The number of rotatable bonds is 4. The highest BCUT2D eigenvalue weighted by molar-refractivity contribution is 5.50. The maximum atomic E-state index is 12.9. The Balaban J connectivity index is 2.12. The fourth-order valence-corrected chi connectivity index (χ4v) is 1.27. The van der Waals surface area contributed by atoms with Crippen LogP contribution in [0.4, 0.5) is 4.39 Å². The van der Waals surface area contributed by atoms with Crippen LogP contribution in [-0.2, 0) is 6.54 Å². The van der Waals surface area contributed by atoms with Crippen molar-refractivity contribution in [2.45, 2.75) is 26.4 Å². The molecule has 0 spiro atoms. The summed E-state index contributed by atoms with van der Waals surface area (Å²) in [5, 5.41) is 6.96.